The van der Waals surface area contributed by atoms with Crippen LogP contribution in [0.1, 0.15) is 22.2 Å². The first-order valence-corrected chi connectivity index (χ1v) is 10.2. The number of phenolic OH excluding ortho intramolecular Hbond substituents is 3. The Labute approximate surface area is 190 Å². The van der Waals surface area contributed by atoms with E-state index in [1.54, 1.807) is 59.3 Å². The molecule has 0 aliphatic heterocycles. The lowest BCUT2D eigenvalue weighted by Crippen LogP contribution is -2.15. The summed E-state index contributed by atoms with van der Waals surface area (Å²) in [5.41, 5.74) is 3.51. The molecule has 0 spiro atoms. The normalized spacial score (nSPS) is 11.8. The monoisotopic (exact) mass is 445 g/mol. The third kappa shape index (κ3) is 4.53. The molecule has 7 nitrogen and oxygen atoms in total. The van der Waals surface area contributed by atoms with Gasteiger partial charge >= 0.3 is 5.97 Å². The molecule has 1 atom stereocenters. The van der Waals surface area contributed by atoms with Crippen molar-refractivity contribution in [3.63, 3.8) is 0 Å². The second-order valence-electron chi connectivity index (χ2n) is 7.61. The van der Waals surface area contributed by atoms with Gasteiger partial charge in [-0.1, -0.05) is 36.4 Å². The fourth-order valence-electron chi connectivity index (χ4n) is 3.78. The van der Waals surface area contributed by atoms with Gasteiger partial charge in [-0.25, -0.2) is 4.79 Å². The third-order valence-electron chi connectivity index (χ3n) is 5.44. The molecule has 0 saturated carbocycles. The second kappa shape index (κ2) is 9.10. The average Bonchev–Trinajstić information content (AvgIpc) is 3.18. The van der Waals surface area contributed by atoms with Crippen molar-refractivity contribution in [2.75, 3.05) is 7.11 Å². The quantitative estimate of drug-likeness (QED) is 0.326. The van der Waals surface area contributed by atoms with Crippen LogP contribution in [0, 0.1) is 0 Å². The van der Waals surface area contributed by atoms with Crippen molar-refractivity contribution in [1.82, 2.24) is 4.57 Å². The number of esters is 1. The molecule has 0 bridgehead atoms. The average molecular weight is 445 g/mol. The number of carbonyl (C=O) groups is 1. The van der Waals surface area contributed by atoms with Crippen LogP contribution in [0.25, 0.3) is 22.3 Å². The van der Waals surface area contributed by atoms with E-state index >= 15 is 0 Å². The van der Waals surface area contributed by atoms with Crippen molar-refractivity contribution >= 4 is 5.97 Å². The van der Waals surface area contributed by atoms with Gasteiger partial charge in [-0.2, -0.15) is 0 Å². The predicted molar refractivity (Wildman–Crippen MR) is 123 cm³/mol. The van der Waals surface area contributed by atoms with Crippen LogP contribution >= 0.6 is 0 Å². The Morgan fingerprint density at radius 1 is 0.818 bits per heavy atom. The van der Waals surface area contributed by atoms with Crippen molar-refractivity contribution in [2.45, 2.75) is 12.6 Å². The van der Waals surface area contributed by atoms with E-state index in [1.165, 1.54) is 31.4 Å². The molecule has 1 aromatic heterocycles. The highest BCUT2D eigenvalue weighted by Gasteiger charge is 2.26. The molecule has 4 aromatic rings. The van der Waals surface area contributed by atoms with E-state index in [-0.39, 0.29) is 29.5 Å². The maximum Gasteiger partial charge on any atom is 0.355 e. The van der Waals surface area contributed by atoms with Crippen molar-refractivity contribution in [2.24, 2.45) is 0 Å². The van der Waals surface area contributed by atoms with Crippen LogP contribution in [0.15, 0.2) is 79.0 Å². The number of hydrogen-bond donors (Lipinski definition) is 4. The van der Waals surface area contributed by atoms with Gasteiger partial charge in [0.15, 0.2) is 0 Å². The first kappa shape index (κ1) is 22.0. The summed E-state index contributed by atoms with van der Waals surface area (Å²) in [4.78, 5) is 12.9. The van der Waals surface area contributed by atoms with Gasteiger partial charge < -0.3 is 29.7 Å². The summed E-state index contributed by atoms with van der Waals surface area (Å²) >= 11 is 0. The molecule has 7 heteroatoms. The summed E-state index contributed by atoms with van der Waals surface area (Å²) in [5.74, 6) is -0.292. The zero-order valence-electron chi connectivity index (χ0n) is 17.8. The number of aromatic nitrogens is 1. The number of ether oxygens (including phenoxy) is 1. The number of methoxy groups -OCH3 is 1. The number of aliphatic hydroxyl groups is 1. The molecule has 0 aliphatic rings. The largest absolute Gasteiger partial charge is 0.508 e. The molecule has 33 heavy (non-hydrogen) atoms. The second-order valence-corrected chi connectivity index (χ2v) is 7.61. The Hall–Kier alpha value is -4.23. The number of rotatable bonds is 6. The molecule has 0 fully saturated rings. The van der Waals surface area contributed by atoms with E-state index < -0.39 is 12.1 Å². The lowest BCUT2D eigenvalue weighted by molar-refractivity contribution is 0.0584. The highest BCUT2D eigenvalue weighted by molar-refractivity contribution is 6.01. The van der Waals surface area contributed by atoms with Gasteiger partial charge in [0, 0.05) is 17.3 Å². The predicted octanol–water partition coefficient (Wildman–Crippen LogP) is 4.46. The van der Waals surface area contributed by atoms with Crippen LogP contribution in [0.5, 0.6) is 17.2 Å². The first-order valence-electron chi connectivity index (χ1n) is 10.2. The summed E-state index contributed by atoms with van der Waals surface area (Å²) in [7, 11) is 1.29. The molecule has 0 radical (unpaired) electrons. The lowest BCUT2D eigenvalue weighted by atomic mass is 9.96. The Kier molecular flexibility index (Phi) is 6.06. The van der Waals surface area contributed by atoms with Crippen LogP contribution in [0.3, 0.4) is 0 Å². The number of carbonyl (C=O) groups excluding carboxylic acids is 1. The van der Waals surface area contributed by atoms with Crippen LogP contribution in [-0.2, 0) is 11.3 Å². The number of phenols is 3. The minimum atomic E-state index is -0.957. The Morgan fingerprint density at radius 3 is 1.82 bits per heavy atom. The van der Waals surface area contributed by atoms with Gasteiger partial charge in [-0.3, -0.25) is 0 Å². The van der Waals surface area contributed by atoms with Crippen LogP contribution < -0.4 is 0 Å². The maximum atomic E-state index is 12.9. The topological polar surface area (TPSA) is 112 Å². The molecule has 168 valence electrons. The molecule has 1 heterocycles. The SMILES string of the molecule is COC(=O)c1c(-c2ccc(O)cc2)c(-c2ccc(O)cc2)cn1CC(O)c1ccc(O)cc1. The highest BCUT2D eigenvalue weighted by atomic mass is 16.5. The van der Waals surface area contributed by atoms with Crippen molar-refractivity contribution in [1.29, 1.82) is 0 Å². The number of hydrogen-bond acceptors (Lipinski definition) is 6. The van der Waals surface area contributed by atoms with Gasteiger partial charge in [0.2, 0.25) is 0 Å². The number of aromatic hydroxyl groups is 3. The van der Waals surface area contributed by atoms with E-state index in [2.05, 4.69) is 0 Å². The third-order valence-corrected chi connectivity index (χ3v) is 5.44. The molecular formula is C26H23NO6. The molecule has 1 unspecified atom stereocenters. The molecule has 3 aromatic carbocycles. The summed E-state index contributed by atoms with van der Waals surface area (Å²) in [5, 5.41) is 39.8. The molecule has 4 N–H and O–H groups in total. The van der Waals surface area contributed by atoms with Gasteiger partial charge in [-0.05, 0) is 53.1 Å². The van der Waals surface area contributed by atoms with Crippen molar-refractivity contribution in [3.8, 4) is 39.5 Å². The standard InChI is InChI=1S/C26H23NO6/c1-33-26(32)25-24(18-6-12-21(30)13-7-18)22(16-2-8-19(28)9-3-16)14-27(25)15-23(31)17-4-10-20(29)11-5-17/h2-14,23,28-31H,15H2,1H3. The van der Waals surface area contributed by atoms with E-state index in [9.17, 15) is 25.2 Å². The summed E-state index contributed by atoms with van der Waals surface area (Å²) < 4.78 is 6.70. The van der Waals surface area contributed by atoms with E-state index in [0.717, 1.165) is 5.56 Å². The summed E-state index contributed by atoms with van der Waals surface area (Å²) in [6.07, 6.45) is 0.798. The van der Waals surface area contributed by atoms with Gasteiger partial charge in [0.25, 0.3) is 0 Å². The first-order chi connectivity index (χ1) is 15.9. The fraction of sp³-hybridized carbons (Fsp3) is 0.115. The smallest absolute Gasteiger partial charge is 0.355 e. The summed E-state index contributed by atoms with van der Waals surface area (Å²) in [6.45, 7) is 0.0539. The number of benzene rings is 3. The Balaban J connectivity index is 1.89. The molecule has 4 rings (SSSR count). The molecule has 0 saturated heterocycles. The minimum absolute atomic E-state index is 0.0539. The van der Waals surface area contributed by atoms with Gasteiger partial charge in [0.05, 0.1) is 19.8 Å². The number of nitrogens with zero attached hydrogens (tertiary/aromatic N) is 1. The van der Waals surface area contributed by atoms with Crippen molar-refractivity contribution in [3.05, 3.63) is 90.3 Å². The van der Waals surface area contributed by atoms with E-state index in [0.29, 0.717) is 22.3 Å². The van der Waals surface area contributed by atoms with Crippen LogP contribution in [-0.4, -0.2) is 38.1 Å². The van der Waals surface area contributed by atoms with Crippen molar-refractivity contribution < 1.29 is 30.0 Å². The van der Waals surface area contributed by atoms with Gasteiger partial charge in [-0.15, -0.1) is 0 Å². The Bertz CT molecular complexity index is 1260. The molecule has 0 aliphatic carbocycles. The van der Waals surface area contributed by atoms with Gasteiger partial charge in [0.1, 0.15) is 22.9 Å². The highest BCUT2D eigenvalue weighted by Crippen LogP contribution is 2.39. The van der Waals surface area contributed by atoms with E-state index in [4.69, 9.17) is 4.74 Å². The fourth-order valence-corrected chi connectivity index (χ4v) is 3.78. The van der Waals surface area contributed by atoms with Crippen LogP contribution in [0.2, 0.25) is 0 Å². The number of aliphatic hydroxyl groups excluding tert-OH is 1. The molecule has 0 amide bonds. The zero-order valence-corrected chi connectivity index (χ0v) is 17.8. The maximum absolute atomic E-state index is 12.9. The Morgan fingerprint density at radius 2 is 1.30 bits per heavy atom. The zero-order chi connectivity index (χ0) is 23.5. The molecular weight excluding hydrogens is 422 g/mol. The summed E-state index contributed by atoms with van der Waals surface area (Å²) in [6, 6.07) is 19.2. The van der Waals surface area contributed by atoms with E-state index in [1.807, 2.05) is 0 Å². The minimum Gasteiger partial charge on any atom is -0.508 e. The lowest BCUT2D eigenvalue weighted by Gasteiger charge is -2.15. The van der Waals surface area contributed by atoms with Crippen LogP contribution in [0.4, 0.5) is 0 Å².